The van der Waals surface area contributed by atoms with Gasteiger partial charge in [0.1, 0.15) is 0 Å². The van der Waals surface area contributed by atoms with Crippen LogP contribution in [0.5, 0.6) is 0 Å². The van der Waals surface area contributed by atoms with Crippen LogP contribution >= 0.6 is 15.9 Å². The van der Waals surface area contributed by atoms with Crippen molar-refractivity contribution in [3.63, 3.8) is 0 Å². The molecule has 0 aliphatic carbocycles. The molecular weight excluding hydrogens is 457 g/mol. The van der Waals surface area contributed by atoms with Gasteiger partial charge in [0.25, 0.3) is 11.8 Å². The zero-order valence-electron chi connectivity index (χ0n) is 15.1. The summed E-state index contributed by atoms with van der Waals surface area (Å²) in [5, 5.41) is 12.7. The lowest BCUT2D eigenvalue weighted by Gasteiger charge is -2.08. The van der Waals surface area contributed by atoms with Gasteiger partial charge >= 0.3 is 6.18 Å². The van der Waals surface area contributed by atoms with Crippen LogP contribution in [-0.2, 0) is 20.3 Å². The van der Waals surface area contributed by atoms with Gasteiger partial charge < -0.3 is 10.6 Å². The van der Waals surface area contributed by atoms with Crippen molar-refractivity contribution >= 4 is 39.1 Å². The monoisotopic (exact) mass is 470 g/mol. The molecule has 29 heavy (non-hydrogen) atoms. The van der Waals surface area contributed by atoms with E-state index in [0.717, 1.165) is 7.05 Å². The first kappa shape index (κ1) is 20.6. The van der Waals surface area contributed by atoms with Gasteiger partial charge in [-0.3, -0.25) is 19.0 Å². The van der Waals surface area contributed by atoms with Gasteiger partial charge in [-0.05, 0) is 40.2 Å². The maximum Gasteiger partial charge on any atom is 0.434 e. The zero-order valence-corrected chi connectivity index (χ0v) is 16.7. The Balaban J connectivity index is 1.77. The summed E-state index contributed by atoms with van der Waals surface area (Å²) in [5.74, 6) is -1.28. The molecule has 8 nitrogen and oxygen atoms in total. The third-order valence-electron chi connectivity index (χ3n) is 3.80. The molecule has 12 heteroatoms. The van der Waals surface area contributed by atoms with Crippen LogP contribution in [-0.4, -0.2) is 31.4 Å². The van der Waals surface area contributed by atoms with E-state index in [4.69, 9.17) is 0 Å². The lowest BCUT2D eigenvalue weighted by Crippen LogP contribution is -2.15. The number of carbonyl (C=O) groups is 2. The molecule has 0 saturated carbocycles. The molecule has 0 aliphatic rings. The molecule has 0 aliphatic heterocycles. The number of aryl methyl sites for hydroxylation is 2. The Morgan fingerprint density at radius 1 is 1.03 bits per heavy atom. The number of alkyl halides is 3. The zero-order chi connectivity index (χ0) is 21.3. The molecule has 0 bridgehead atoms. The molecule has 0 atom stereocenters. The topological polar surface area (TPSA) is 93.8 Å². The Labute approximate surface area is 170 Å². The molecule has 0 fully saturated rings. The fourth-order valence-electron chi connectivity index (χ4n) is 2.55. The maximum atomic E-state index is 13.1. The Bertz CT molecular complexity index is 1090. The molecule has 0 unspecified atom stereocenters. The molecule has 2 amide bonds. The second kappa shape index (κ2) is 7.70. The summed E-state index contributed by atoms with van der Waals surface area (Å²) in [6, 6.07) is 7.68. The van der Waals surface area contributed by atoms with Gasteiger partial charge in [0.05, 0.1) is 4.47 Å². The van der Waals surface area contributed by atoms with E-state index in [2.05, 4.69) is 36.8 Å². The molecular formula is C17H14BrF3N6O2. The highest BCUT2D eigenvalue weighted by atomic mass is 79.9. The van der Waals surface area contributed by atoms with Gasteiger partial charge in [0, 0.05) is 31.7 Å². The minimum atomic E-state index is -4.67. The maximum absolute atomic E-state index is 13.1. The average molecular weight is 471 g/mol. The van der Waals surface area contributed by atoms with Gasteiger partial charge in [-0.2, -0.15) is 23.4 Å². The highest BCUT2D eigenvalue weighted by Gasteiger charge is 2.39. The second-order valence-electron chi connectivity index (χ2n) is 6.00. The van der Waals surface area contributed by atoms with Gasteiger partial charge in [0.2, 0.25) is 0 Å². The van der Waals surface area contributed by atoms with Crippen LogP contribution < -0.4 is 10.6 Å². The molecule has 2 N–H and O–H groups in total. The smallest absolute Gasteiger partial charge is 0.321 e. The number of hydrogen-bond donors (Lipinski definition) is 2. The molecule has 0 radical (unpaired) electrons. The number of hydrogen-bond acceptors (Lipinski definition) is 4. The Kier molecular flexibility index (Phi) is 5.46. The quantitative estimate of drug-likeness (QED) is 0.610. The van der Waals surface area contributed by atoms with E-state index >= 15 is 0 Å². The number of amides is 2. The number of benzene rings is 1. The van der Waals surface area contributed by atoms with Crippen molar-refractivity contribution in [3.8, 4) is 0 Å². The third kappa shape index (κ3) is 4.47. The Morgan fingerprint density at radius 3 is 2.17 bits per heavy atom. The third-order valence-corrected chi connectivity index (χ3v) is 4.55. The van der Waals surface area contributed by atoms with Crippen molar-refractivity contribution in [2.75, 3.05) is 10.6 Å². The van der Waals surface area contributed by atoms with E-state index in [0.29, 0.717) is 10.4 Å². The molecule has 2 heterocycles. The number of halogens is 4. The van der Waals surface area contributed by atoms with E-state index in [9.17, 15) is 22.8 Å². The number of aromatic nitrogens is 4. The number of anilines is 2. The van der Waals surface area contributed by atoms with Crippen LogP contribution in [0.1, 0.15) is 26.7 Å². The van der Waals surface area contributed by atoms with E-state index < -0.39 is 33.9 Å². The van der Waals surface area contributed by atoms with Crippen LogP contribution in [0.4, 0.5) is 24.5 Å². The first-order chi connectivity index (χ1) is 13.6. The van der Waals surface area contributed by atoms with Crippen molar-refractivity contribution in [2.45, 2.75) is 6.18 Å². The Hall–Kier alpha value is -3.15. The number of nitrogens with zero attached hydrogens (tertiary/aromatic N) is 4. The van der Waals surface area contributed by atoms with Crippen molar-refractivity contribution in [2.24, 2.45) is 14.1 Å². The van der Waals surface area contributed by atoms with Crippen molar-refractivity contribution in [1.29, 1.82) is 0 Å². The van der Waals surface area contributed by atoms with Gasteiger partial charge in [-0.1, -0.05) is 6.07 Å². The SMILES string of the molecule is Cn1ccc(C(=O)Nc2cccc(NC(=O)c3nn(C)c(C(F)(F)F)c3Br)c2)n1. The summed E-state index contributed by atoms with van der Waals surface area (Å²) >= 11 is 2.80. The largest absolute Gasteiger partial charge is 0.434 e. The average Bonchev–Trinajstić information content (AvgIpc) is 3.17. The summed E-state index contributed by atoms with van der Waals surface area (Å²) in [6.45, 7) is 0. The van der Waals surface area contributed by atoms with Gasteiger partial charge in [0.15, 0.2) is 17.1 Å². The highest BCUT2D eigenvalue weighted by molar-refractivity contribution is 9.10. The standard InChI is InChI=1S/C17H14BrF3N6O2/c1-26-7-6-11(24-26)15(28)22-9-4-3-5-10(8-9)23-16(29)13-12(18)14(17(19,20)21)27(2)25-13/h3-8H,1-2H3,(H,22,28)(H,23,29). The van der Waals surface area contributed by atoms with Crippen LogP contribution in [0, 0.1) is 0 Å². The molecule has 3 rings (SSSR count). The summed E-state index contributed by atoms with van der Waals surface area (Å²) in [4.78, 5) is 24.6. The molecule has 0 saturated heterocycles. The highest BCUT2D eigenvalue weighted by Crippen LogP contribution is 2.36. The number of carbonyl (C=O) groups excluding carboxylic acids is 2. The Morgan fingerprint density at radius 2 is 1.66 bits per heavy atom. The molecule has 152 valence electrons. The van der Waals surface area contributed by atoms with Crippen molar-refractivity contribution < 1.29 is 22.8 Å². The predicted molar refractivity (Wildman–Crippen MR) is 101 cm³/mol. The number of nitrogens with one attached hydrogen (secondary N) is 2. The molecule has 0 spiro atoms. The van der Waals surface area contributed by atoms with Crippen molar-refractivity contribution in [3.05, 3.63) is 58.1 Å². The predicted octanol–water partition coefficient (Wildman–Crippen LogP) is 3.44. The second-order valence-corrected chi connectivity index (χ2v) is 6.79. The van der Waals surface area contributed by atoms with E-state index in [1.165, 1.54) is 22.9 Å². The lowest BCUT2D eigenvalue weighted by molar-refractivity contribution is -0.144. The lowest BCUT2D eigenvalue weighted by atomic mass is 10.2. The van der Waals surface area contributed by atoms with E-state index in [1.807, 2.05) is 0 Å². The van der Waals surface area contributed by atoms with Crippen LogP contribution in [0.25, 0.3) is 0 Å². The summed E-state index contributed by atoms with van der Waals surface area (Å²) in [6.07, 6.45) is -3.06. The van der Waals surface area contributed by atoms with E-state index in [-0.39, 0.29) is 11.4 Å². The summed E-state index contributed by atoms with van der Waals surface area (Å²) in [5.41, 5.74) is -0.643. The van der Waals surface area contributed by atoms with Crippen LogP contribution in [0.3, 0.4) is 0 Å². The molecule has 1 aromatic carbocycles. The minimum Gasteiger partial charge on any atom is -0.321 e. The summed E-state index contributed by atoms with van der Waals surface area (Å²) in [7, 11) is 2.77. The van der Waals surface area contributed by atoms with Gasteiger partial charge in [-0.15, -0.1) is 0 Å². The summed E-state index contributed by atoms with van der Waals surface area (Å²) < 4.78 is 40.8. The normalized spacial score (nSPS) is 11.4. The van der Waals surface area contributed by atoms with E-state index in [1.54, 1.807) is 25.4 Å². The fourth-order valence-corrected chi connectivity index (χ4v) is 3.29. The fraction of sp³-hybridized carbons (Fsp3) is 0.176. The first-order valence-electron chi connectivity index (χ1n) is 8.08. The van der Waals surface area contributed by atoms with Crippen molar-refractivity contribution in [1.82, 2.24) is 19.6 Å². The minimum absolute atomic E-state index is 0.207. The molecule has 3 aromatic rings. The van der Waals surface area contributed by atoms with Crippen LogP contribution in [0.2, 0.25) is 0 Å². The first-order valence-corrected chi connectivity index (χ1v) is 8.87. The molecule has 2 aromatic heterocycles. The number of rotatable bonds is 4. The van der Waals surface area contributed by atoms with Crippen LogP contribution in [0.15, 0.2) is 41.0 Å². The van der Waals surface area contributed by atoms with Gasteiger partial charge in [-0.25, -0.2) is 0 Å².